The first-order chi connectivity index (χ1) is 9.61. The molecule has 0 spiro atoms. The van der Waals surface area contributed by atoms with Gasteiger partial charge in [0.2, 0.25) is 0 Å². The minimum atomic E-state index is -0.785. The van der Waals surface area contributed by atoms with Crippen molar-refractivity contribution < 1.29 is 14.2 Å². The van der Waals surface area contributed by atoms with E-state index in [0.29, 0.717) is 16.6 Å². The fourth-order valence-corrected chi connectivity index (χ4v) is 2.24. The second-order valence-electron chi connectivity index (χ2n) is 4.49. The molecule has 0 heterocycles. The van der Waals surface area contributed by atoms with Gasteiger partial charge in [0.05, 0.1) is 11.1 Å². The lowest BCUT2D eigenvalue weighted by Crippen LogP contribution is -2.01. The molecule has 1 unspecified atom stereocenters. The predicted molar refractivity (Wildman–Crippen MR) is 80.4 cm³/mol. The van der Waals surface area contributed by atoms with Gasteiger partial charge in [-0.2, -0.15) is 0 Å². The summed E-state index contributed by atoms with van der Waals surface area (Å²) in [5.74, 6) is 0.437. The van der Waals surface area contributed by atoms with Gasteiger partial charge in [0, 0.05) is 0 Å². The van der Waals surface area contributed by atoms with E-state index in [2.05, 4.69) is 15.9 Å². The number of aliphatic hydroxyl groups is 1. The lowest BCUT2D eigenvalue weighted by molar-refractivity contribution is 0.220. The van der Waals surface area contributed by atoms with Gasteiger partial charge in [-0.05, 0) is 57.7 Å². The van der Waals surface area contributed by atoms with Crippen molar-refractivity contribution in [1.82, 2.24) is 0 Å². The molecule has 2 aromatic rings. The minimum Gasteiger partial charge on any atom is -0.494 e. The van der Waals surface area contributed by atoms with Crippen LogP contribution < -0.4 is 4.74 Å². The zero-order chi connectivity index (χ0) is 14.5. The van der Waals surface area contributed by atoms with E-state index in [1.807, 2.05) is 31.2 Å². The molecule has 0 amide bonds. The summed E-state index contributed by atoms with van der Waals surface area (Å²) >= 11 is 3.12. The highest BCUT2D eigenvalue weighted by atomic mass is 79.9. The van der Waals surface area contributed by atoms with Crippen LogP contribution in [0.2, 0.25) is 0 Å². The molecule has 2 aromatic carbocycles. The summed E-state index contributed by atoms with van der Waals surface area (Å²) in [4.78, 5) is 0. The number of aliphatic hydroxyl groups excluding tert-OH is 1. The Labute approximate surface area is 126 Å². The monoisotopic (exact) mass is 338 g/mol. The lowest BCUT2D eigenvalue weighted by Gasteiger charge is -2.13. The Morgan fingerprint density at radius 2 is 1.80 bits per heavy atom. The normalized spacial score (nSPS) is 12.2. The maximum absolute atomic E-state index is 13.2. The molecular formula is C16H16BrFO2. The van der Waals surface area contributed by atoms with Crippen LogP contribution in [0.3, 0.4) is 0 Å². The number of ether oxygens (including phenoxy) is 1. The van der Waals surface area contributed by atoms with Gasteiger partial charge in [-0.15, -0.1) is 0 Å². The van der Waals surface area contributed by atoms with Crippen molar-refractivity contribution in [1.29, 1.82) is 0 Å². The molecule has 0 saturated carbocycles. The lowest BCUT2D eigenvalue weighted by atomic mass is 10.0. The van der Waals surface area contributed by atoms with Crippen molar-refractivity contribution in [3.63, 3.8) is 0 Å². The first-order valence-corrected chi connectivity index (χ1v) is 7.27. The summed E-state index contributed by atoms with van der Waals surface area (Å²) in [6.07, 6.45) is 0.167. The summed E-state index contributed by atoms with van der Waals surface area (Å²) in [5, 5.41) is 10.3. The Morgan fingerprint density at radius 1 is 1.15 bits per heavy atom. The van der Waals surface area contributed by atoms with Crippen molar-refractivity contribution in [3.8, 4) is 5.75 Å². The summed E-state index contributed by atoms with van der Waals surface area (Å²) in [6.45, 7) is 2.72. The molecule has 0 aromatic heterocycles. The number of rotatable bonds is 5. The molecule has 2 nitrogen and oxygen atoms in total. The molecule has 106 valence electrons. The zero-order valence-electron chi connectivity index (χ0n) is 11.1. The molecule has 2 rings (SSSR count). The van der Waals surface area contributed by atoms with Crippen LogP contribution in [0.15, 0.2) is 46.9 Å². The Balaban J connectivity index is 2.15. The maximum Gasteiger partial charge on any atom is 0.137 e. The number of hydrogen-bond donors (Lipinski definition) is 1. The smallest absolute Gasteiger partial charge is 0.137 e. The van der Waals surface area contributed by atoms with Gasteiger partial charge in [-0.1, -0.05) is 25.1 Å². The summed E-state index contributed by atoms with van der Waals surface area (Å²) < 4.78 is 19.0. The van der Waals surface area contributed by atoms with Crippen molar-refractivity contribution in [3.05, 3.63) is 63.9 Å². The molecular weight excluding hydrogens is 323 g/mol. The van der Waals surface area contributed by atoms with E-state index in [0.717, 1.165) is 17.7 Å². The minimum absolute atomic E-state index is 0.343. The van der Waals surface area contributed by atoms with Gasteiger partial charge < -0.3 is 9.84 Å². The highest BCUT2D eigenvalue weighted by Crippen LogP contribution is 2.27. The van der Waals surface area contributed by atoms with Gasteiger partial charge in [0.1, 0.15) is 17.7 Å². The van der Waals surface area contributed by atoms with Crippen LogP contribution in [0, 0.1) is 5.82 Å². The van der Waals surface area contributed by atoms with Gasteiger partial charge >= 0.3 is 0 Å². The number of halogens is 2. The fourth-order valence-electron chi connectivity index (χ4n) is 1.84. The van der Waals surface area contributed by atoms with E-state index in [1.165, 1.54) is 6.07 Å². The fraction of sp³-hybridized carbons (Fsp3) is 0.250. The number of benzene rings is 2. The second-order valence-corrected chi connectivity index (χ2v) is 5.35. The molecule has 1 atom stereocenters. The average Bonchev–Trinajstić information content (AvgIpc) is 2.48. The Kier molecular flexibility index (Phi) is 5.15. The SMILES string of the molecule is CCCOc1ccc(C(O)c2ccc(F)c(Br)c2)cc1. The third-order valence-corrected chi connectivity index (χ3v) is 3.54. The summed E-state index contributed by atoms with van der Waals surface area (Å²) in [5.41, 5.74) is 1.38. The quantitative estimate of drug-likeness (QED) is 0.872. The van der Waals surface area contributed by atoms with Crippen LogP contribution in [0.5, 0.6) is 5.75 Å². The number of hydrogen-bond acceptors (Lipinski definition) is 2. The summed E-state index contributed by atoms with van der Waals surface area (Å²) in [6, 6.07) is 11.8. The van der Waals surface area contributed by atoms with Crippen molar-refractivity contribution in [2.24, 2.45) is 0 Å². The first kappa shape index (κ1) is 15.0. The molecule has 0 aliphatic heterocycles. The van der Waals surface area contributed by atoms with E-state index in [4.69, 9.17) is 4.74 Å². The van der Waals surface area contributed by atoms with Crippen molar-refractivity contribution in [2.75, 3.05) is 6.61 Å². The van der Waals surface area contributed by atoms with Crippen molar-refractivity contribution in [2.45, 2.75) is 19.4 Å². The standard InChI is InChI=1S/C16H16BrFO2/c1-2-9-20-13-6-3-11(4-7-13)16(19)12-5-8-15(18)14(17)10-12/h3-8,10,16,19H,2,9H2,1H3. The van der Waals surface area contributed by atoms with Crippen LogP contribution in [0.1, 0.15) is 30.6 Å². The van der Waals surface area contributed by atoms with Crippen LogP contribution in [0.25, 0.3) is 0 Å². The topological polar surface area (TPSA) is 29.5 Å². The van der Waals surface area contributed by atoms with E-state index in [1.54, 1.807) is 12.1 Å². The molecule has 0 radical (unpaired) electrons. The van der Waals surface area contributed by atoms with Gasteiger partial charge in [0.25, 0.3) is 0 Å². The largest absolute Gasteiger partial charge is 0.494 e. The molecule has 1 N–H and O–H groups in total. The Bertz CT molecular complexity index is 569. The Hall–Kier alpha value is -1.39. The Morgan fingerprint density at radius 3 is 2.40 bits per heavy atom. The maximum atomic E-state index is 13.2. The molecule has 0 bridgehead atoms. The van der Waals surface area contributed by atoms with Crippen LogP contribution in [0.4, 0.5) is 4.39 Å². The molecule has 0 aliphatic carbocycles. The van der Waals surface area contributed by atoms with Crippen LogP contribution in [-0.2, 0) is 0 Å². The third kappa shape index (κ3) is 3.58. The summed E-state index contributed by atoms with van der Waals surface area (Å²) in [7, 11) is 0. The average molecular weight is 339 g/mol. The van der Waals surface area contributed by atoms with E-state index in [9.17, 15) is 9.50 Å². The van der Waals surface area contributed by atoms with E-state index < -0.39 is 6.10 Å². The third-order valence-electron chi connectivity index (χ3n) is 2.93. The molecule has 0 fully saturated rings. The van der Waals surface area contributed by atoms with E-state index >= 15 is 0 Å². The highest BCUT2D eigenvalue weighted by molar-refractivity contribution is 9.10. The van der Waals surface area contributed by atoms with E-state index in [-0.39, 0.29) is 5.82 Å². The van der Waals surface area contributed by atoms with Crippen molar-refractivity contribution >= 4 is 15.9 Å². The zero-order valence-corrected chi connectivity index (χ0v) is 12.7. The first-order valence-electron chi connectivity index (χ1n) is 6.47. The van der Waals surface area contributed by atoms with Crippen LogP contribution in [-0.4, -0.2) is 11.7 Å². The second kappa shape index (κ2) is 6.86. The predicted octanol–water partition coefficient (Wildman–Crippen LogP) is 4.46. The molecule has 20 heavy (non-hydrogen) atoms. The van der Waals surface area contributed by atoms with Gasteiger partial charge in [-0.3, -0.25) is 0 Å². The van der Waals surface area contributed by atoms with Gasteiger partial charge in [-0.25, -0.2) is 4.39 Å². The van der Waals surface area contributed by atoms with Crippen LogP contribution >= 0.6 is 15.9 Å². The molecule has 0 saturated heterocycles. The van der Waals surface area contributed by atoms with Gasteiger partial charge in [0.15, 0.2) is 0 Å². The molecule has 4 heteroatoms. The molecule has 0 aliphatic rings. The highest BCUT2D eigenvalue weighted by Gasteiger charge is 2.12.